The van der Waals surface area contributed by atoms with Crippen LogP contribution in [0.2, 0.25) is 0 Å². The summed E-state index contributed by atoms with van der Waals surface area (Å²) in [4.78, 5) is 26.9. The molecule has 2 rings (SSSR count). The highest BCUT2D eigenvalue weighted by Crippen LogP contribution is 2.42. The van der Waals surface area contributed by atoms with Gasteiger partial charge in [0.1, 0.15) is 0 Å². The Morgan fingerprint density at radius 3 is 2.29 bits per heavy atom. The number of urea groups is 1. The fourth-order valence-electron chi connectivity index (χ4n) is 3.73. The molecule has 2 fully saturated rings. The summed E-state index contributed by atoms with van der Waals surface area (Å²) < 4.78 is 0. The molecule has 0 bridgehead atoms. The number of hydrogen-bond donors (Lipinski definition) is 1. The number of hydrogen-bond acceptors (Lipinski definition) is 2. The fourth-order valence-corrected chi connectivity index (χ4v) is 3.73. The Hall–Kier alpha value is -1.26. The SMILES string of the molecule is CC1(C)CCCCC1CCC(=O)N1CCN(C(N)=O)CC1. The van der Waals surface area contributed by atoms with E-state index in [1.165, 1.54) is 25.7 Å². The lowest BCUT2D eigenvalue weighted by Crippen LogP contribution is -2.52. The van der Waals surface area contributed by atoms with Gasteiger partial charge in [-0.3, -0.25) is 4.79 Å². The number of piperazine rings is 1. The molecule has 1 saturated heterocycles. The second kappa shape index (κ2) is 6.67. The lowest BCUT2D eigenvalue weighted by atomic mass is 9.67. The van der Waals surface area contributed by atoms with Crippen LogP contribution in [-0.4, -0.2) is 47.9 Å². The van der Waals surface area contributed by atoms with Crippen molar-refractivity contribution in [2.45, 2.75) is 52.4 Å². The van der Waals surface area contributed by atoms with Crippen molar-refractivity contribution in [3.05, 3.63) is 0 Å². The molecular weight excluding hydrogens is 266 g/mol. The first-order chi connectivity index (χ1) is 9.90. The molecule has 0 aromatic heterocycles. The number of carbonyl (C=O) groups excluding carboxylic acids is 2. The molecule has 3 amide bonds. The number of nitrogens with zero attached hydrogens (tertiary/aromatic N) is 2. The lowest BCUT2D eigenvalue weighted by Gasteiger charge is -2.39. The number of primary amides is 1. The first-order valence-electron chi connectivity index (χ1n) is 8.22. The van der Waals surface area contributed by atoms with E-state index in [-0.39, 0.29) is 11.9 Å². The van der Waals surface area contributed by atoms with Crippen molar-refractivity contribution in [2.24, 2.45) is 17.1 Å². The summed E-state index contributed by atoms with van der Waals surface area (Å²) in [6.07, 6.45) is 6.82. The summed E-state index contributed by atoms with van der Waals surface area (Å²) >= 11 is 0. The molecule has 120 valence electrons. The minimum absolute atomic E-state index is 0.237. The van der Waals surface area contributed by atoms with Gasteiger partial charge in [-0.25, -0.2) is 4.79 Å². The molecule has 1 aliphatic carbocycles. The molecular formula is C16H29N3O2. The van der Waals surface area contributed by atoms with E-state index in [1.54, 1.807) is 4.90 Å². The molecule has 21 heavy (non-hydrogen) atoms. The van der Waals surface area contributed by atoms with Gasteiger partial charge in [-0.2, -0.15) is 0 Å². The van der Waals surface area contributed by atoms with Crippen molar-refractivity contribution in [3.8, 4) is 0 Å². The monoisotopic (exact) mass is 295 g/mol. The number of carbonyl (C=O) groups is 2. The van der Waals surface area contributed by atoms with Crippen molar-refractivity contribution in [1.29, 1.82) is 0 Å². The predicted molar refractivity (Wildman–Crippen MR) is 82.7 cm³/mol. The summed E-state index contributed by atoms with van der Waals surface area (Å²) in [6, 6.07) is -0.383. The highest BCUT2D eigenvalue weighted by Gasteiger charge is 2.32. The lowest BCUT2D eigenvalue weighted by molar-refractivity contribution is -0.133. The van der Waals surface area contributed by atoms with Gasteiger partial charge in [0.2, 0.25) is 5.91 Å². The van der Waals surface area contributed by atoms with Gasteiger partial charge in [-0.05, 0) is 30.6 Å². The molecule has 1 heterocycles. The maximum Gasteiger partial charge on any atom is 0.314 e. The summed E-state index contributed by atoms with van der Waals surface area (Å²) in [5.41, 5.74) is 5.64. The first kappa shape index (κ1) is 16.1. The maximum atomic E-state index is 12.3. The Kier molecular flexibility index (Phi) is 5.12. The second-order valence-electron chi connectivity index (χ2n) is 7.18. The predicted octanol–water partition coefficient (Wildman–Crippen LogP) is 2.21. The third-order valence-electron chi connectivity index (χ3n) is 5.38. The molecule has 5 nitrogen and oxygen atoms in total. The van der Waals surface area contributed by atoms with Crippen molar-refractivity contribution in [1.82, 2.24) is 9.80 Å². The number of nitrogens with two attached hydrogens (primary N) is 1. The van der Waals surface area contributed by atoms with Crippen LogP contribution in [0.25, 0.3) is 0 Å². The van der Waals surface area contributed by atoms with Gasteiger partial charge in [0.15, 0.2) is 0 Å². The zero-order valence-corrected chi connectivity index (χ0v) is 13.4. The van der Waals surface area contributed by atoms with Gasteiger partial charge in [0.05, 0.1) is 0 Å². The van der Waals surface area contributed by atoms with E-state index < -0.39 is 0 Å². The van der Waals surface area contributed by atoms with E-state index >= 15 is 0 Å². The van der Waals surface area contributed by atoms with Crippen LogP contribution in [0.1, 0.15) is 52.4 Å². The van der Waals surface area contributed by atoms with Gasteiger partial charge in [0.25, 0.3) is 0 Å². The van der Waals surface area contributed by atoms with E-state index in [9.17, 15) is 9.59 Å². The van der Waals surface area contributed by atoms with E-state index in [1.807, 2.05) is 4.90 Å². The summed E-state index contributed by atoms with van der Waals surface area (Å²) in [5.74, 6) is 0.905. The van der Waals surface area contributed by atoms with Crippen molar-refractivity contribution in [2.75, 3.05) is 26.2 Å². The third kappa shape index (κ3) is 4.11. The molecule has 2 N–H and O–H groups in total. The van der Waals surface area contributed by atoms with Crippen molar-refractivity contribution in [3.63, 3.8) is 0 Å². The Morgan fingerprint density at radius 1 is 1.10 bits per heavy atom. The van der Waals surface area contributed by atoms with Crippen LogP contribution in [0.3, 0.4) is 0 Å². The summed E-state index contributed by atoms with van der Waals surface area (Å²) in [6.45, 7) is 7.05. The Morgan fingerprint density at radius 2 is 1.71 bits per heavy atom. The van der Waals surface area contributed by atoms with Gasteiger partial charge in [-0.15, -0.1) is 0 Å². The summed E-state index contributed by atoms with van der Waals surface area (Å²) in [7, 11) is 0. The molecule has 0 radical (unpaired) electrons. The van der Waals surface area contributed by atoms with Crippen LogP contribution in [0.15, 0.2) is 0 Å². The van der Waals surface area contributed by atoms with E-state index in [0.717, 1.165) is 6.42 Å². The number of rotatable bonds is 3. The van der Waals surface area contributed by atoms with E-state index in [0.29, 0.717) is 43.9 Å². The largest absolute Gasteiger partial charge is 0.351 e. The maximum absolute atomic E-state index is 12.3. The van der Waals surface area contributed by atoms with E-state index in [2.05, 4.69) is 13.8 Å². The quantitative estimate of drug-likeness (QED) is 0.867. The Balaban J connectivity index is 1.76. The van der Waals surface area contributed by atoms with Gasteiger partial charge in [-0.1, -0.05) is 26.7 Å². The first-order valence-corrected chi connectivity index (χ1v) is 8.22. The average Bonchev–Trinajstić information content (AvgIpc) is 2.45. The highest BCUT2D eigenvalue weighted by atomic mass is 16.2. The minimum atomic E-state index is -0.383. The van der Waals surface area contributed by atoms with Gasteiger partial charge >= 0.3 is 6.03 Å². The van der Waals surface area contributed by atoms with Crippen LogP contribution in [-0.2, 0) is 4.79 Å². The van der Waals surface area contributed by atoms with Gasteiger partial charge < -0.3 is 15.5 Å². The molecule has 0 aromatic carbocycles. The van der Waals surface area contributed by atoms with Crippen LogP contribution >= 0.6 is 0 Å². The van der Waals surface area contributed by atoms with E-state index in [4.69, 9.17) is 5.73 Å². The molecule has 1 saturated carbocycles. The molecule has 1 atom stereocenters. The molecule has 5 heteroatoms. The van der Waals surface area contributed by atoms with Crippen molar-refractivity contribution >= 4 is 11.9 Å². The highest BCUT2D eigenvalue weighted by molar-refractivity contribution is 5.77. The Bertz CT molecular complexity index is 387. The molecule has 0 spiro atoms. The summed E-state index contributed by atoms with van der Waals surface area (Å²) in [5, 5.41) is 0. The molecule has 1 aliphatic heterocycles. The Labute approximate surface area is 127 Å². The zero-order chi connectivity index (χ0) is 15.5. The molecule has 1 unspecified atom stereocenters. The van der Waals surface area contributed by atoms with Crippen molar-refractivity contribution < 1.29 is 9.59 Å². The van der Waals surface area contributed by atoms with Gasteiger partial charge in [0, 0.05) is 32.6 Å². The average molecular weight is 295 g/mol. The fraction of sp³-hybridized carbons (Fsp3) is 0.875. The molecule has 0 aromatic rings. The standard InChI is InChI=1S/C16H29N3O2/c1-16(2)8-4-3-5-13(16)6-7-14(20)18-9-11-19(12-10-18)15(17)21/h13H,3-12H2,1-2H3,(H2,17,21). The molecule has 2 aliphatic rings. The van der Waals surface area contributed by atoms with Crippen LogP contribution < -0.4 is 5.73 Å². The zero-order valence-electron chi connectivity index (χ0n) is 13.4. The van der Waals surface area contributed by atoms with Crippen LogP contribution in [0.5, 0.6) is 0 Å². The third-order valence-corrected chi connectivity index (χ3v) is 5.38. The van der Waals surface area contributed by atoms with Crippen LogP contribution in [0.4, 0.5) is 4.79 Å². The van der Waals surface area contributed by atoms with Crippen LogP contribution in [0, 0.1) is 11.3 Å². The number of amides is 3. The second-order valence-corrected chi connectivity index (χ2v) is 7.18. The minimum Gasteiger partial charge on any atom is -0.351 e. The normalized spacial score (nSPS) is 25.7. The topological polar surface area (TPSA) is 66.6 Å². The smallest absolute Gasteiger partial charge is 0.314 e.